The van der Waals surface area contributed by atoms with E-state index in [-0.39, 0.29) is 6.42 Å². The molecule has 41 heavy (non-hydrogen) atoms. The quantitative estimate of drug-likeness (QED) is 0.0584. The van der Waals surface area contributed by atoms with Gasteiger partial charge in [0.05, 0.1) is 32.3 Å². The number of rotatable bonds is 20. The van der Waals surface area contributed by atoms with Crippen LogP contribution in [0.3, 0.4) is 0 Å². The highest BCUT2D eigenvalue weighted by atomic mass is 16.4. The van der Waals surface area contributed by atoms with Gasteiger partial charge < -0.3 is 63.6 Å². The van der Waals surface area contributed by atoms with Crippen LogP contribution in [0.15, 0.2) is 0 Å². The fourth-order valence-electron chi connectivity index (χ4n) is 3.15. The van der Waals surface area contributed by atoms with Gasteiger partial charge in [-0.05, 0) is 32.7 Å². The fourth-order valence-corrected chi connectivity index (χ4v) is 3.15. The number of carboxylic acids is 2. The minimum Gasteiger partial charge on any atom is -0.481 e. The molecule has 0 aliphatic rings. The van der Waals surface area contributed by atoms with E-state index in [1.165, 1.54) is 0 Å². The number of aliphatic hydroxyl groups excluding tert-OH is 3. The van der Waals surface area contributed by atoms with Crippen molar-refractivity contribution in [1.82, 2.24) is 26.6 Å². The van der Waals surface area contributed by atoms with Crippen LogP contribution in [0, 0.1) is 0 Å². The third-order valence-electron chi connectivity index (χ3n) is 5.43. The molecular weight excluding hydrogens is 554 g/mol. The van der Waals surface area contributed by atoms with Gasteiger partial charge in [-0.3, -0.25) is 28.8 Å². The molecule has 0 rings (SSSR count). The van der Waals surface area contributed by atoms with E-state index in [1.807, 2.05) is 10.6 Å². The summed E-state index contributed by atoms with van der Waals surface area (Å²) in [5, 5.41) is 57.3. The number of nitrogens with two attached hydrogens (primary N) is 2. The van der Waals surface area contributed by atoms with Crippen LogP contribution in [0.2, 0.25) is 0 Å². The Kier molecular flexibility index (Phi) is 17.4. The van der Waals surface area contributed by atoms with E-state index in [2.05, 4.69) is 16.0 Å². The van der Waals surface area contributed by atoms with E-state index in [0.29, 0.717) is 19.4 Å². The average molecular weight is 594 g/mol. The molecule has 0 aromatic carbocycles. The zero-order valence-electron chi connectivity index (χ0n) is 22.4. The summed E-state index contributed by atoms with van der Waals surface area (Å²) in [6.45, 7) is -1.08. The fraction of sp³-hybridized carbons (Fsp3) is 0.682. The largest absolute Gasteiger partial charge is 0.481 e. The second-order valence-corrected chi connectivity index (χ2v) is 8.88. The zero-order chi connectivity index (χ0) is 31.7. The highest BCUT2D eigenvalue weighted by molar-refractivity contribution is 5.97. The Hall–Kier alpha value is -3.91. The van der Waals surface area contributed by atoms with Gasteiger partial charge in [0.1, 0.15) is 30.2 Å². The molecule has 0 spiro atoms. The Morgan fingerprint density at radius 3 is 1.83 bits per heavy atom. The molecule has 0 unspecified atom stereocenters. The zero-order valence-corrected chi connectivity index (χ0v) is 22.4. The SMILES string of the molecule is C[C@@H](O)[C@H](NC(=O)[C@H](CC(=O)O)NC(=O)CNC(=O)[C@@H](N)CO)C(=O)N[C@@H](CO)C(=O)N[C@@H](CCCCN)C(=O)O. The maximum absolute atomic E-state index is 12.8. The van der Waals surface area contributed by atoms with E-state index in [1.54, 1.807) is 0 Å². The van der Waals surface area contributed by atoms with Gasteiger partial charge in [-0.25, -0.2) is 4.79 Å². The predicted molar refractivity (Wildman–Crippen MR) is 137 cm³/mol. The molecule has 0 aliphatic carbocycles. The lowest BCUT2D eigenvalue weighted by atomic mass is 10.1. The number of nitrogens with one attached hydrogen (secondary N) is 5. The Morgan fingerprint density at radius 1 is 0.756 bits per heavy atom. The molecule has 0 bridgehead atoms. The van der Waals surface area contributed by atoms with Crippen LogP contribution in [0.25, 0.3) is 0 Å². The number of carbonyl (C=O) groups is 7. The maximum atomic E-state index is 12.8. The molecule has 0 radical (unpaired) electrons. The molecule has 0 saturated carbocycles. The molecule has 14 N–H and O–H groups in total. The van der Waals surface area contributed by atoms with Gasteiger partial charge in [-0.1, -0.05) is 0 Å². The number of hydrogen-bond acceptors (Lipinski definition) is 12. The van der Waals surface area contributed by atoms with E-state index in [4.69, 9.17) is 21.7 Å². The van der Waals surface area contributed by atoms with Crippen molar-refractivity contribution in [3.05, 3.63) is 0 Å². The Morgan fingerprint density at radius 2 is 1.34 bits per heavy atom. The van der Waals surface area contributed by atoms with Crippen LogP contribution >= 0.6 is 0 Å². The molecule has 0 fully saturated rings. The highest BCUT2D eigenvalue weighted by Crippen LogP contribution is 2.03. The van der Waals surface area contributed by atoms with Crippen LogP contribution in [-0.2, 0) is 33.6 Å². The lowest BCUT2D eigenvalue weighted by Crippen LogP contribution is -2.61. The van der Waals surface area contributed by atoms with Crippen molar-refractivity contribution < 1.29 is 59.1 Å². The van der Waals surface area contributed by atoms with Gasteiger partial charge in [0, 0.05) is 0 Å². The molecule has 0 heterocycles. The topological polar surface area (TPSA) is 333 Å². The summed E-state index contributed by atoms with van der Waals surface area (Å²) < 4.78 is 0. The highest BCUT2D eigenvalue weighted by Gasteiger charge is 2.34. The first-order chi connectivity index (χ1) is 19.2. The summed E-state index contributed by atoms with van der Waals surface area (Å²) in [6.07, 6.45) is -1.73. The summed E-state index contributed by atoms with van der Waals surface area (Å²) in [4.78, 5) is 84.4. The number of hydrogen-bond donors (Lipinski definition) is 12. The van der Waals surface area contributed by atoms with Crippen molar-refractivity contribution in [2.75, 3.05) is 26.3 Å². The first kappa shape index (κ1) is 37.1. The number of aliphatic carboxylic acids is 2. The van der Waals surface area contributed by atoms with Crippen LogP contribution < -0.4 is 38.1 Å². The summed E-state index contributed by atoms with van der Waals surface area (Å²) in [6, 6.07) is -7.99. The van der Waals surface area contributed by atoms with Crippen LogP contribution in [0.4, 0.5) is 0 Å². The van der Waals surface area contributed by atoms with Gasteiger partial charge in [0.2, 0.25) is 29.5 Å². The number of carboxylic acid groups (broad SMARTS) is 2. The molecular formula is C22H39N7O12. The summed E-state index contributed by atoms with van der Waals surface area (Å²) in [7, 11) is 0. The van der Waals surface area contributed by atoms with E-state index in [0.717, 1.165) is 6.92 Å². The number of amides is 5. The van der Waals surface area contributed by atoms with Gasteiger partial charge in [0.25, 0.3) is 0 Å². The van der Waals surface area contributed by atoms with E-state index < -0.39 is 104 Å². The first-order valence-electron chi connectivity index (χ1n) is 12.5. The number of aliphatic hydroxyl groups is 3. The average Bonchev–Trinajstić information content (AvgIpc) is 2.90. The van der Waals surface area contributed by atoms with E-state index in [9.17, 15) is 48.9 Å². The van der Waals surface area contributed by atoms with Crippen LogP contribution in [0.5, 0.6) is 0 Å². The Labute approximate surface area is 234 Å². The number of carbonyl (C=O) groups excluding carboxylic acids is 5. The van der Waals surface area contributed by atoms with Crippen molar-refractivity contribution in [2.24, 2.45) is 11.5 Å². The molecule has 5 amide bonds. The van der Waals surface area contributed by atoms with Gasteiger partial charge in [0.15, 0.2) is 0 Å². The Balaban J connectivity index is 5.45. The molecule has 0 saturated heterocycles. The van der Waals surface area contributed by atoms with Crippen LogP contribution in [-0.4, -0.2) is 130 Å². The third-order valence-corrected chi connectivity index (χ3v) is 5.43. The molecule has 0 aromatic rings. The normalized spacial score (nSPS) is 15.2. The van der Waals surface area contributed by atoms with Gasteiger partial charge >= 0.3 is 11.9 Å². The van der Waals surface area contributed by atoms with Crippen molar-refractivity contribution >= 4 is 41.5 Å². The monoisotopic (exact) mass is 593 g/mol. The molecule has 6 atom stereocenters. The summed E-state index contributed by atoms with van der Waals surface area (Å²) in [5.74, 6) is -8.35. The Bertz CT molecular complexity index is 933. The minimum absolute atomic E-state index is 0.0192. The standard InChI is InChI=1S/C22H39N7O12/c1-10(32)17(21(39)28-14(9-31)20(38)27-12(22(40)41)4-2-3-5-23)29-19(37)13(6-16(34)35)26-15(33)7-25-18(36)11(24)8-30/h10-14,17,30-32H,2-9,23-24H2,1H3,(H,25,36)(H,26,33)(H,27,38)(H,28,39)(H,29,37)(H,34,35)(H,40,41)/t10-,11+,12+,13+,14+,17+/m1/s1. The molecule has 234 valence electrons. The smallest absolute Gasteiger partial charge is 0.326 e. The molecule has 0 aliphatic heterocycles. The van der Waals surface area contributed by atoms with Crippen molar-refractivity contribution in [3.8, 4) is 0 Å². The van der Waals surface area contributed by atoms with Crippen molar-refractivity contribution in [2.45, 2.75) is 68.9 Å². The van der Waals surface area contributed by atoms with E-state index >= 15 is 0 Å². The van der Waals surface area contributed by atoms with Gasteiger partial charge in [-0.2, -0.15) is 0 Å². The summed E-state index contributed by atoms with van der Waals surface area (Å²) >= 11 is 0. The first-order valence-corrected chi connectivity index (χ1v) is 12.5. The molecule has 19 heteroatoms. The minimum atomic E-state index is -1.82. The predicted octanol–water partition coefficient (Wildman–Crippen LogP) is -6.58. The van der Waals surface area contributed by atoms with Crippen molar-refractivity contribution in [1.29, 1.82) is 0 Å². The third kappa shape index (κ3) is 14.3. The summed E-state index contributed by atoms with van der Waals surface area (Å²) in [5.41, 5.74) is 10.7. The maximum Gasteiger partial charge on any atom is 0.326 e. The number of unbranched alkanes of at least 4 members (excludes halogenated alkanes) is 1. The van der Waals surface area contributed by atoms with Crippen LogP contribution in [0.1, 0.15) is 32.6 Å². The molecule has 19 nitrogen and oxygen atoms in total. The lowest BCUT2D eigenvalue weighted by Gasteiger charge is -2.26. The second-order valence-electron chi connectivity index (χ2n) is 8.88. The molecule has 0 aromatic heterocycles. The second kappa shape index (κ2) is 19.2. The lowest BCUT2D eigenvalue weighted by molar-refractivity contribution is -0.143. The van der Waals surface area contributed by atoms with Gasteiger partial charge in [-0.15, -0.1) is 0 Å². The van der Waals surface area contributed by atoms with Crippen molar-refractivity contribution in [3.63, 3.8) is 0 Å².